The lowest BCUT2D eigenvalue weighted by Crippen LogP contribution is -2.25. The molecule has 0 aromatic heterocycles. The molecule has 3 N–H and O–H groups in total. The highest BCUT2D eigenvalue weighted by Gasteiger charge is 2.21. The third kappa shape index (κ3) is 3.41. The lowest BCUT2D eigenvalue weighted by molar-refractivity contribution is 0.991. The molecular weight excluding hydrogens is 248 g/mol. The van der Waals surface area contributed by atoms with Crippen LogP contribution in [0.1, 0.15) is 19.4 Å². The van der Waals surface area contributed by atoms with Crippen LogP contribution in [0.15, 0.2) is 47.1 Å². The van der Waals surface area contributed by atoms with Crippen molar-refractivity contribution in [2.24, 2.45) is 4.99 Å². The highest BCUT2D eigenvalue weighted by atomic mass is 15.2. The summed E-state index contributed by atoms with van der Waals surface area (Å²) < 4.78 is 0. The van der Waals surface area contributed by atoms with Gasteiger partial charge in [-0.25, -0.2) is 0 Å². The summed E-state index contributed by atoms with van der Waals surface area (Å²) in [7, 11) is 0. The Hall–Kier alpha value is -2.23. The highest BCUT2D eigenvalue weighted by molar-refractivity contribution is 5.76. The number of hydrogen-bond donors (Lipinski definition) is 3. The van der Waals surface area contributed by atoms with E-state index in [-0.39, 0.29) is 6.17 Å². The van der Waals surface area contributed by atoms with E-state index in [1.54, 1.807) is 6.34 Å². The van der Waals surface area contributed by atoms with E-state index < -0.39 is 0 Å². The van der Waals surface area contributed by atoms with Crippen molar-refractivity contribution < 1.29 is 0 Å². The van der Waals surface area contributed by atoms with E-state index in [0.717, 1.165) is 23.5 Å². The van der Waals surface area contributed by atoms with Gasteiger partial charge in [0.25, 0.3) is 0 Å². The van der Waals surface area contributed by atoms with Crippen molar-refractivity contribution in [3.05, 3.63) is 47.7 Å². The van der Waals surface area contributed by atoms with E-state index in [1.807, 2.05) is 26.1 Å². The van der Waals surface area contributed by atoms with Crippen LogP contribution in [-0.2, 0) is 0 Å². The molecule has 1 heterocycles. The zero-order valence-corrected chi connectivity index (χ0v) is 12.3. The van der Waals surface area contributed by atoms with Gasteiger partial charge in [-0.15, -0.1) is 0 Å². The molecule has 4 nitrogen and oxygen atoms in total. The summed E-state index contributed by atoms with van der Waals surface area (Å²) >= 11 is 0. The van der Waals surface area contributed by atoms with Crippen LogP contribution in [0.3, 0.4) is 0 Å². The molecule has 1 aromatic rings. The zero-order valence-electron chi connectivity index (χ0n) is 12.3. The number of rotatable bonds is 5. The summed E-state index contributed by atoms with van der Waals surface area (Å²) in [4.78, 5) is 4.14. The third-order valence-corrected chi connectivity index (χ3v) is 3.07. The monoisotopic (exact) mass is 270 g/mol. The van der Waals surface area contributed by atoms with Crippen LogP contribution in [0.4, 0.5) is 11.4 Å². The Balaban J connectivity index is 2.11. The maximum atomic E-state index is 4.14. The van der Waals surface area contributed by atoms with Gasteiger partial charge in [-0.1, -0.05) is 18.2 Å². The zero-order chi connectivity index (χ0) is 14.4. The summed E-state index contributed by atoms with van der Waals surface area (Å²) in [5.74, 6) is 0. The molecule has 0 saturated carbocycles. The Morgan fingerprint density at radius 3 is 2.90 bits per heavy atom. The van der Waals surface area contributed by atoms with Gasteiger partial charge in [0.1, 0.15) is 6.17 Å². The Bertz CT molecular complexity index is 543. The molecule has 0 amide bonds. The molecule has 106 valence electrons. The van der Waals surface area contributed by atoms with Crippen LogP contribution in [0, 0.1) is 6.92 Å². The number of nitrogens with one attached hydrogen (secondary N) is 3. The van der Waals surface area contributed by atoms with Crippen LogP contribution in [-0.4, -0.2) is 19.0 Å². The SMILES string of the molecule is C/C=C\C(=C/NC=NCC)C1Nc2ccc(C)cc2N1. The Morgan fingerprint density at radius 2 is 2.15 bits per heavy atom. The van der Waals surface area contributed by atoms with E-state index >= 15 is 0 Å². The second-order valence-electron chi connectivity index (χ2n) is 4.71. The molecule has 0 bridgehead atoms. The van der Waals surface area contributed by atoms with Gasteiger partial charge in [-0.05, 0) is 38.5 Å². The van der Waals surface area contributed by atoms with Crippen molar-refractivity contribution >= 4 is 17.7 Å². The average molecular weight is 270 g/mol. The first-order chi connectivity index (χ1) is 9.74. The van der Waals surface area contributed by atoms with Gasteiger partial charge < -0.3 is 16.0 Å². The van der Waals surface area contributed by atoms with Crippen LogP contribution >= 0.6 is 0 Å². The van der Waals surface area contributed by atoms with E-state index in [9.17, 15) is 0 Å². The number of aliphatic imine (C=N–C) groups is 1. The molecule has 0 spiro atoms. The van der Waals surface area contributed by atoms with Gasteiger partial charge in [0.2, 0.25) is 0 Å². The predicted octanol–water partition coefficient (Wildman–Crippen LogP) is 3.26. The molecular formula is C16H22N4. The minimum atomic E-state index is 0.0746. The molecule has 1 unspecified atom stereocenters. The number of nitrogens with zero attached hydrogens (tertiary/aromatic N) is 1. The van der Waals surface area contributed by atoms with Gasteiger partial charge in [0.15, 0.2) is 0 Å². The fraction of sp³-hybridized carbons (Fsp3) is 0.312. The smallest absolute Gasteiger partial charge is 0.125 e. The van der Waals surface area contributed by atoms with Crippen molar-refractivity contribution in [3.8, 4) is 0 Å². The number of fused-ring (bicyclic) bond motifs is 1. The first kappa shape index (κ1) is 14.2. The van der Waals surface area contributed by atoms with E-state index in [0.29, 0.717) is 0 Å². The molecule has 1 aliphatic heterocycles. The van der Waals surface area contributed by atoms with Crippen LogP contribution in [0.25, 0.3) is 0 Å². The van der Waals surface area contributed by atoms with Crippen molar-refractivity contribution in [2.45, 2.75) is 26.9 Å². The minimum absolute atomic E-state index is 0.0746. The van der Waals surface area contributed by atoms with Gasteiger partial charge in [-0.3, -0.25) is 4.99 Å². The Morgan fingerprint density at radius 1 is 1.35 bits per heavy atom. The van der Waals surface area contributed by atoms with Gasteiger partial charge in [0, 0.05) is 18.3 Å². The Labute approximate surface area is 120 Å². The topological polar surface area (TPSA) is 48.5 Å². The van der Waals surface area contributed by atoms with Gasteiger partial charge in [0.05, 0.1) is 17.7 Å². The Kier molecular flexibility index (Phi) is 4.82. The first-order valence-corrected chi connectivity index (χ1v) is 6.95. The second-order valence-corrected chi connectivity index (χ2v) is 4.71. The maximum Gasteiger partial charge on any atom is 0.125 e. The lowest BCUT2D eigenvalue weighted by atomic mass is 10.2. The van der Waals surface area contributed by atoms with Crippen LogP contribution < -0.4 is 16.0 Å². The summed E-state index contributed by atoms with van der Waals surface area (Å²) in [6.45, 7) is 6.90. The highest BCUT2D eigenvalue weighted by Crippen LogP contribution is 2.31. The van der Waals surface area contributed by atoms with E-state index in [2.05, 4.69) is 52.1 Å². The summed E-state index contributed by atoms with van der Waals surface area (Å²) in [5.41, 5.74) is 4.67. The fourth-order valence-electron chi connectivity index (χ4n) is 2.11. The second kappa shape index (κ2) is 6.80. The van der Waals surface area contributed by atoms with Crippen LogP contribution in [0.5, 0.6) is 0 Å². The fourth-order valence-corrected chi connectivity index (χ4v) is 2.11. The van der Waals surface area contributed by atoms with Crippen molar-refractivity contribution in [3.63, 3.8) is 0 Å². The number of benzene rings is 1. The molecule has 0 aliphatic carbocycles. The van der Waals surface area contributed by atoms with Gasteiger partial charge in [-0.2, -0.15) is 0 Å². The predicted molar refractivity (Wildman–Crippen MR) is 87.3 cm³/mol. The van der Waals surface area contributed by atoms with Crippen molar-refractivity contribution in [2.75, 3.05) is 17.2 Å². The lowest BCUT2D eigenvalue weighted by Gasteiger charge is -2.13. The molecule has 2 rings (SSSR count). The third-order valence-electron chi connectivity index (χ3n) is 3.07. The number of allylic oxidation sites excluding steroid dienone is 1. The van der Waals surface area contributed by atoms with Crippen molar-refractivity contribution in [1.82, 2.24) is 5.32 Å². The molecule has 20 heavy (non-hydrogen) atoms. The van der Waals surface area contributed by atoms with E-state index in [1.165, 1.54) is 5.56 Å². The minimum Gasteiger partial charge on any atom is -0.360 e. The molecule has 1 atom stereocenters. The molecule has 4 heteroatoms. The summed E-state index contributed by atoms with van der Waals surface area (Å²) in [6.07, 6.45) is 7.86. The summed E-state index contributed by atoms with van der Waals surface area (Å²) in [5, 5.41) is 10.1. The molecule has 0 fully saturated rings. The molecule has 0 saturated heterocycles. The summed E-state index contributed by atoms with van der Waals surface area (Å²) in [6, 6.07) is 6.37. The molecule has 0 radical (unpaired) electrons. The first-order valence-electron chi connectivity index (χ1n) is 6.95. The van der Waals surface area contributed by atoms with Gasteiger partial charge >= 0.3 is 0 Å². The normalized spacial score (nSPS) is 18.1. The molecule has 1 aromatic carbocycles. The largest absolute Gasteiger partial charge is 0.360 e. The maximum absolute atomic E-state index is 4.14. The number of hydrogen-bond acceptors (Lipinski definition) is 3. The quantitative estimate of drug-likeness (QED) is 0.437. The number of aryl methyl sites for hydroxylation is 1. The van der Waals surface area contributed by atoms with Crippen LogP contribution in [0.2, 0.25) is 0 Å². The van der Waals surface area contributed by atoms with E-state index in [4.69, 9.17) is 0 Å². The van der Waals surface area contributed by atoms with Crippen molar-refractivity contribution in [1.29, 1.82) is 0 Å². The standard InChI is InChI=1S/C16H22N4/c1-4-6-13(10-18-11-17-5-2)16-19-14-8-7-12(3)9-15(14)20-16/h4,6-11,16,19-20H,5H2,1-3H3,(H,17,18)/b6-4-,13-10+. The number of anilines is 2. The average Bonchev–Trinajstić information content (AvgIpc) is 2.85. The molecule has 1 aliphatic rings.